The van der Waals surface area contributed by atoms with Crippen molar-refractivity contribution in [2.24, 2.45) is 5.92 Å². The Bertz CT molecular complexity index is 714. The summed E-state index contributed by atoms with van der Waals surface area (Å²) in [5.74, 6) is 2.24. The predicted molar refractivity (Wildman–Crippen MR) is 118 cm³/mol. The van der Waals surface area contributed by atoms with Crippen molar-refractivity contribution in [2.45, 2.75) is 32.1 Å². The van der Waals surface area contributed by atoms with E-state index < -0.39 is 0 Å². The van der Waals surface area contributed by atoms with Crippen LogP contribution < -0.4 is 5.32 Å². The van der Waals surface area contributed by atoms with Gasteiger partial charge in [0.2, 0.25) is 5.91 Å². The molecule has 3 rings (SSSR count). The van der Waals surface area contributed by atoms with Crippen molar-refractivity contribution in [3.8, 4) is 11.3 Å². The van der Waals surface area contributed by atoms with E-state index in [1.165, 1.54) is 6.42 Å². The van der Waals surface area contributed by atoms with Crippen LogP contribution >= 0.6 is 36.4 Å². The summed E-state index contributed by atoms with van der Waals surface area (Å²) in [7, 11) is 1.99. The van der Waals surface area contributed by atoms with Crippen LogP contribution in [0.5, 0.6) is 0 Å². The molecule has 0 bridgehead atoms. The van der Waals surface area contributed by atoms with Crippen LogP contribution in [0.3, 0.4) is 0 Å². The molecule has 5 nitrogen and oxygen atoms in total. The van der Waals surface area contributed by atoms with Gasteiger partial charge in [0, 0.05) is 36.5 Å². The van der Waals surface area contributed by atoms with Crippen molar-refractivity contribution in [2.75, 3.05) is 26.7 Å². The largest absolute Gasteiger partial charge is 0.441 e. The zero-order chi connectivity index (χ0) is 18.4. The van der Waals surface area contributed by atoms with E-state index in [-0.39, 0.29) is 30.7 Å². The van der Waals surface area contributed by atoms with E-state index >= 15 is 0 Å². The molecule has 0 aliphatic carbocycles. The number of halogens is 3. The van der Waals surface area contributed by atoms with E-state index in [2.05, 4.69) is 10.3 Å². The van der Waals surface area contributed by atoms with E-state index in [9.17, 15) is 4.79 Å². The molecule has 0 saturated carbocycles. The van der Waals surface area contributed by atoms with Gasteiger partial charge in [0.1, 0.15) is 0 Å². The molecule has 1 saturated heterocycles. The fraction of sp³-hybridized carbons (Fsp3) is 0.500. The van der Waals surface area contributed by atoms with Gasteiger partial charge in [-0.25, -0.2) is 4.98 Å². The van der Waals surface area contributed by atoms with Gasteiger partial charge in [-0.05, 0) is 63.0 Å². The first-order chi connectivity index (χ1) is 12.7. The first-order valence-electron chi connectivity index (χ1n) is 9.28. The summed E-state index contributed by atoms with van der Waals surface area (Å²) in [6.45, 7) is 2.79. The number of hydrogen-bond acceptors (Lipinski definition) is 4. The Morgan fingerprint density at radius 1 is 1.25 bits per heavy atom. The van der Waals surface area contributed by atoms with Crippen LogP contribution in [0.25, 0.3) is 11.3 Å². The lowest BCUT2D eigenvalue weighted by Crippen LogP contribution is -2.39. The summed E-state index contributed by atoms with van der Waals surface area (Å²) in [6, 6.07) is 7.44. The molecule has 1 fully saturated rings. The molecule has 8 heteroatoms. The molecule has 0 spiro atoms. The van der Waals surface area contributed by atoms with E-state index in [4.69, 9.17) is 16.0 Å². The fourth-order valence-corrected chi connectivity index (χ4v) is 3.49. The minimum absolute atomic E-state index is 0. The van der Waals surface area contributed by atoms with Crippen molar-refractivity contribution < 1.29 is 9.21 Å². The predicted octanol–water partition coefficient (Wildman–Crippen LogP) is 4.62. The third-order valence-electron chi connectivity index (χ3n) is 5.00. The standard InChI is InChI=1S/C20H26ClN3O2.2ClH/c1-22-11-8-15-9-12-24(13-10-15)20(25)7-6-19-23-14-18(26-19)16-2-4-17(21)5-3-16;;/h2-5,14-15,22H,6-13H2,1H3;2*1H. The number of piperidine rings is 1. The van der Waals surface area contributed by atoms with Crippen LogP contribution in [0.15, 0.2) is 34.9 Å². The van der Waals surface area contributed by atoms with E-state index in [1.807, 2.05) is 36.2 Å². The number of hydrogen-bond donors (Lipinski definition) is 1. The van der Waals surface area contributed by atoms with E-state index in [1.54, 1.807) is 6.20 Å². The molecule has 156 valence electrons. The number of aromatic nitrogens is 1. The molecule has 2 aromatic rings. The van der Waals surface area contributed by atoms with Gasteiger partial charge in [-0.2, -0.15) is 0 Å². The van der Waals surface area contributed by atoms with Gasteiger partial charge in [0.05, 0.1) is 6.20 Å². The number of nitrogens with one attached hydrogen (secondary N) is 1. The number of oxazole rings is 1. The molecule has 0 radical (unpaired) electrons. The minimum Gasteiger partial charge on any atom is -0.441 e. The zero-order valence-corrected chi connectivity index (χ0v) is 18.4. The number of amides is 1. The first-order valence-corrected chi connectivity index (χ1v) is 9.66. The summed E-state index contributed by atoms with van der Waals surface area (Å²) in [6.07, 6.45) is 6.09. The molecule has 1 aromatic carbocycles. The highest BCUT2D eigenvalue weighted by atomic mass is 35.5. The minimum atomic E-state index is 0. The van der Waals surface area contributed by atoms with Gasteiger partial charge in [-0.15, -0.1) is 24.8 Å². The number of carbonyl (C=O) groups is 1. The quantitative estimate of drug-likeness (QED) is 0.671. The first kappa shape index (κ1) is 24.8. The average Bonchev–Trinajstić information content (AvgIpc) is 3.14. The number of benzene rings is 1. The number of likely N-dealkylation sites (tertiary alicyclic amines) is 1. The van der Waals surface area contributed by atoms with Gasteiger partial charge in [0.25, 0.3) is 0 Å². The molecule has 0 atom stereocenters. The second kappa shape index (κ2) is 12.3. The maximum absolute atomic E-state index is 12.4. The van der Waals surface area contributed by atoms with Crippen LogP contribution in [0.1, 0.15) is 31.6 Å². The molecule has 1 aromatic heterocycles. The third-order valence-corrected chi connectivity index (χ3v) is 5.26. The van der Waals surface area contributed by atoms with Gasteiger partial charge >= 0.3 is 0 Å². The Balaban J connectivity index is 0.00000196. The summed E-state index contributed by atoms with van der Waals surface area (Å²) < 4.78 is 5.78. The Hall–Kier alpha value is -1.27. The fourth-order valence-electron chi connectivity index (χ4n) is 3.36. The SMILES string of the molecule is CNCCC1CCN(C(=O)CCc2ncc(-c3ccc(Cl)cc3)o2)CC1.Cl.Cl. The van der Waals surface area contributed by atoms with Crippen LogP contribution in [0, 0.1) is 5.92 Å². The Labute approximate surface area is 184 Å². The molecule has 1 aliphatic rings. The maximum Gasteiger partial charge on any atom is 0.223 e. The van der Waals surface area contributed by atoms with Gasteiger partial charge in [-0.1, -0.05) is 11.6 Å². The zero-order valence-electron chi connectivity index (χ0n) is 16.0. The van der Waals surface area contributed by atoms with Crippen LogP contribution in [-0.2, 0) is 11.2 Å². The van der Waals surface area contributed by atoms with Crippen molar-refractivity contribution >= 4 is 42.3 Å². The second-order valence-corrected chi connectivity index (χ2v) is 7.28. The van der Waals surface area contributed by atoms with Crippen molar-refractivity contribution in [1.82, 2.24) is 15.2 Å². The van der Waals surface area contributed by atoms with Crippen LogP contribution in [0.4, 0.5) is 0 Å². The summed E-state index contributed by atoms with van der Waals surface area (Å²) in [5.41, 5.74) is 0.933. The highest BCUT2D eigenvalue weighted by Crippen LogP contribution is 2.24. The Kier molecular flexibility index (Phi) is 10.9. The van der Waals surface area contributed by atoms with Crippen LogP contribution in [-0.4, -0.2) is 42.5 Å². The smallest absolute Gasteiger partial charge is 0.223 e. The van der Waals surface area contributed by atoms with E-state index in [0.29, 0.717) is 29.5 Å². The molecule has 28 heavy (non-hydrogen) atoms. The highest BCUT2D eigenvalue weighted by molar-refractivity contribution is 6.30. The van der Waals surface area contributed by atoms with Gasteiger partial charge in [-0.3, -0.25) is 4.79 Å². The highest BCUT2D eigenvalue weighted by Gasteiger charge is 2.22. The van der Waals surface area contributed by atoms with Gasteiger partial charge in [0.15, 0.2) is 11.7 Å². The normalized spacial score (nSPS) is 14.3. The second-order valence-electron chi connectivity index (χ2n) is 6.84. The number of rotatable bonds is 7. The third kappa shape index (κ3) is 6.96. The lowest BCUT2D eigenvalue weighted by Gasteiger charge is -2.32. The summed E-state index contributed by atoms with van der Waals surface area (Å²) >= 11 is 5.91. The monoisotopic (exact) mass is 447 g/mol. The topological polar surface area (TPSA) is 58.4 Å². The Morgan fingerprint density at radius 2 is 1.93 bits per heavy atom. The molecular weight excluding hydrogens is 421 g/mol. The molecular formula is C20H28Cl3N3O2. The number of nitrogens with zero attached hydrogens (tertiary/aromatic N) is 2. The van der Waals surface area contributed by atoms with E-state index in [0.717, 1.165) is 44.0 Å². The molecule has 1 aliphatic heterocycles. The Morgan fingerprint density at radius 3 is 2.57 bits per heavy atom. The molecule has 2 heterocycles. The molecule has 1 N–H and O–H groups in total. The number of aryl methyl sites for hydroxylation is 1. The lowest BCUT2D eigenvalue weighted by molar-refractivity contribution is -0.132. The maximum atomic E-state index is 12.4. The average molecular weight is 449 g/mol. The van der Waals surface area contributed by atoms with Crippen molar-refractivity contribution in [3.63, 3.8) is 0 Å². The summed E-state index contributed by atoms with van der Waals surface area (Å²) in [4.78, 5) is 18.7. The van der Waals surface area contributed by atoms with Crippen molar-refractivity contribution in [1.29, 1.82) is 0 Å². The lowest BCUT2D eigenvalue weighted by atomic mass is 9.93. The summed E-state index contributed by atoms with van der Waals surface area (Å²) in [5, 5.41) is 3.89. The van der Waals surface area contributed by atoms with Crippen molar-refractivity contribution in [3.05, 3.63) is 41.4 Å². The van der Waals surface area contributed by atoms with Gasteiger partial charge < -0.3 is 14.6 Å². The van der Waals surface area contributed by atoms with Crippen LogP contribution in [0.2, 0.25) is 5.02 Å². The molecule has 0 unspecified atom stereocenters. The number of carbonyl (C=O) groups excluding carboxylic acids is 1. The molecule has 1 amide bonds.